The molecule has 0 aliphatic heterocycles. The molecule has 0 spiro atoms. The largest absolute Gasteiger partial charge is 0.494 e. The van der Waals surface area contributed by atoms with Crippen LogP contribution in [-0.4, -0.2) is 28.2 Å². The summed E-state index contributed by atoms with van der Waals surface area (Å²) in [4.78, 5) is 4.28. The molecule has 80 valence electrons. The fraction of sp³-hybridized carbons (Fsp3) is 0.364. The van der Waals surface area contributed by atoms with Gasteiger partial charge in [0.25, 0.3) is 0 Å². The first-order chi connectivity index (χ1) is 7.33. The monoisotopic (exact) mass is 206 g/mol. The van der Waals surface area contributed by atoms with Gasteiger partial charge in [0, 0.05) is 20.1 Å². The van der Waals surface area contributed by atoms with Gasteiger partial charge in [-0.3, -0.25) is 4.40 Å². The van der Waals surface area contributed by atoms with Crippen LogP contribution in [0.25, 0.3) is 5.52 Å². The van der Waals surface area contributed by atoms with Gasteiger partial charge >= 0.3 is 0 Å². The van der Waals surface area contributed by atoms with Crippen LogP contribution in [0.5, 0.6) is 5.88 Å². The summed E-state index contributed by atoms with van der Waals surface area (Å²) in [7, 11) is 1.68. The van der Waals surface area contributed by atoms with E-state index in [9.17, 15) is 5.11 Å². The molecule has 4 heteroatoms. The van der Waals surface area contributed by atoms with E-state index in [1.807, 2.05) is 12.1 Å². The molecule has 0 aliphatic rings. The topological polar surface area (TPSA) is 46.8 Å². The van der Waals surface area contributed by atoms with Gasteiger partial charge in [0.1, 0.15) is 5.82 Å². The summed E-state index contributed by atoms with van der Waals surface area (Å²) >= 11 is 0. The second-order valence-electron chi connectivity index (χ2n) is 3.42. The van der Waals surface area contributed by atoms with Gasteiger partial charge in [-0.25, -0.2) is 4.98 Å². The van der Waals surface area contributed by atoms with Crippen molar-refractivity contribution >= 4 is 5.52 Å². The Kier molecular flexibility index (Phi) is 2.87. The Balaban J connectivity index is 2.27. The van der Waals surface area contributed by atoms with E-state index < -0.39 is 0 Å². The molecule has 0 atom stereocenters. The van der Waals surface area contributed by atoms with Crippen molar-refractivity contribution in [3.8, 4) is 5.88 Å². The fourth-order valence-corrected chi connectivity index (χ4v) is 1.65. The molecule has 15 heavy (non-hydrogen) atoms. The van der Waals surface area contributed by atoms with Crippen LogP contribution in [0.1, 0.15) is 12.2 Å². The van der Waals surface area contributed by atoms with Crippen molar-refractivity contribution in [2.45, 2.75) is 12.8 Å². The Morgan fingerprint density at radius 2 is 2.33 bits per heavy atom. The summed E-state index contributed by atoms with van der Waals surface area (Å²) in [5.41, 5.74) is 0.919. The van der Waals surface area contributed by atoms with Crippen molar-refractivity contribution in [2.24, 2.45) is 0 Å². The molecule has 2 aromatic rings. The predicted molar refractivity (Wildman–Crippen MR) is 57.1 cm³/mol. The first-order valence-electron chi connectivity index (χ1n) is 4.96. The Morgan fingerprint density at radius 1 is 1.47 bits per heavy atom. The number of rotatable bonds is 4. The average molecular weight is 206 g/mol. The molecule has 2 rings (SSSR count). The summed E-state index contributed by atoms with van der Waals surface area (Å²) in [5, 5.41) is 9.69. The van der Waals surface area contributed by atoms with Crippen molar-refractivity contribution in [3.05, 3.63) is 30.2 Å². The summed E-state index contributed by atoms with van der Waals surface area (Å²) in [5.74, 6) is 1.11. The van der Waals surface area contributed by atoms with Gasteiger partial charge in [0.15, 0.2) is 5.88 Å². The first-order valence-corrected chi connectivity index (χ1v) is 4.96. The quantitative estimate of drug-likeness (QED) is 0.773. The predicted octanol–water partition coefficient (Wildman–Crippen LogP) is 1.62. The third-order valence-corrected chi connectivity index (χ3v) is 2.35. The van der Waals surface area contributed by atoms with Gasteiger partial charge in [0.05, 0.1) is 11.7 Å². The molecule has 0 unspecified atom stereocenters. The van der Waals surface area contributed by atoms with Crippen LogP contribution in [-0.2, 0) is 11.2 Å². The molecule has 0 bridgehead atoms. The maximum Gasteiger partial charge on any atom is 0.197 e. The summed E-state index contributed by atoms with van der Waals surface area (Å²) in [6, 6.07) is 5.40. The van der Waals surface area contributed by atoms with Crippen molar-refractivity contribution in [1.82, 2.24) is 9.38 Å². The molecule has 0 aliphatic carbocycles. The van der Waals surface area contributed by atoms with Crippen LogP contribution in [0.2, 0.25) is 0 Å². The molecule has 2 aromatic heterocycles. The number of aromatic nitrogens is 2. The molecule has 4 nitrogen and oxygen atoms in total. The maximum absolute atomic E-state index is 9.69. The van der Waals surface area contributed by atoms with Crippen molar-refractivity contribution in [2.75, 3.05) is 13.7 Å². The molecule has 1 N–H and O–H groups in total. The van der Waals surface area contributed by atoms with Crippen LogP contribution in [0.3, 0.4) is 0 Å². The van der Waals surface area contributed by atoms with Crippen molar-refractivity contribution in [1.29, 1.82) is 0 Å². The SMILES string of the molecule is COCCCc1ncc2cccc(O)n12. The second kappa shape index (κ2) is 4.31. The zero-order chi connectivity index (χ0) is 10.7. The van der Waals surface area contributed by atoms with Gasteiger partial charge < -0.3 is 9.84 Å². The lowest BCUT2D eigenvalue weighted by molar-refractivity contribution is 0.194. The number of nitrogens with zero attached hydrogens (tertiary/aromatic N) is 2. The molecule has 0 fully saturated rings. The zero-order valence-electron chi connectivity index (χ0n) is 8.68. The molecule has 2 heterocycles. The van der Waals surface area contributed by atoms with Crippen LogP contribution in [0.15, 0.2) is 24.4 Å². The van der Waals surface area contributed by atoms with E-state index in [0.717, 1.165) is 24.2 Å². The highest BCUT2D eigenvalue weighted by molar-refractivity contribution is 5.48. The molecule has 0 aromatic carbocycles. The van der Waals surface area contributed by atoms with E-state index in [1.54, 1.807) is 23.8 Å². The van der Waals surface area contributed by atoms with E-state index in [4.69, 9.17) is 4.74 Å². The molecule has 0 saturated heterocycles. The molecular weight excluding hydrogens is 192 g/mol. The highest BCUT2D eigenvalue weighted by Crippen LogP contribution is 2.16. The third-order valence-electron chi connectivity index (χ3n) is 2.35. The number of fused-ring (bicyclic) bond motifs is 1. The third kappa shape index (κ3) is 1.94. The molecular formula is C11H14N2O2. The van der Waals surface area contributed by atoms with Crippen LogP contribution in [0.4, 0.5) is 0 Å². The lowest BCUT2D eigenvalue weighted by atomic mass is 10.3. The smallest absolute Gasteiger partial charge is 0.197 e. The first kappa shape index (κ1) is 9.98. The number of pyridine rings is 1. The highest BCUT2D eigenvalue weighted by atomic mass is 16.5. The Hall–Kier alpha value is -1.55. The Bertz CT molecular complexity index is 451. The Labute approximate surface area is 88.1 Å². The lowest BCUT2D eigenvalue weighted by Gasteiger charge is -2.03. The van der Waals surface area contributed by atoms with Crippen LogP contribution >= 0.6 is 0 Å². The number of ether oxygens (including phenoxy) is 1. The van der Waals surface area contributed by atoms with E-state index in [-0.39, 0.29) is 5.88 Å². The van der Waals surface area contributed by atoms with Gasteiger partial charge in [-0.15, -0.1) is 0 Å². The van der Waals surface area contributed by atoms with Crippen LogP contribution < -0.4 is 0 Å². The number of hydrogen-bond acceptors (Lipinski definition) is 3. The number of hydrogen-bond donors (Lipinski definition) is 1. The van der Waals surface area contributed by atoms with Crippen molar-refractivity contribution < 1.29 is 9.84 Å². The number of imidazole rings is 1. The summed E-state index contributed by atoms with van der Waals surface area (Å²) in [6.07, 6.45) is 3.48. The standard InChI is InChI=1S/C11H14N2O2/c1-15-7-3-5-10-12-8-9-4-2-6-11(14)13(9)10/h2,4,6,8,14H,3,5,7H2,1H3. The van der Waals surface area contributed by atoms with E-state index in [2.05, 4.69) is 4.98 Å². The Morgan fingerprint density at radius 3 is 3.13 bits per heavy atom. The second-order valence-corrected chi connectivity index (χ2v) is 3.42. The van der Waals surface area contributed by atoms with Crippen molar-refractivity contribution in [3.63, 3.8) is 0 Å². The minimum Gasteiger partial charge on any atom is -0.494 e. The van der Waals surface area contributed by atoms with Gasteiger partial charge in [-0.2, -0.15) is 0 Å². The normalized spacial score (nSPS) is 11.0. The molecule has 0 amide bonds. The minimum absolute atomic E-state index is 0.234. The number of aromatic hydroxyl groups is 1. The zero-order valence-corrected chi connectivity index (χ0v) is 8.68. The number of methoxy groups -OCH3 is 1. The maximum atomic E-state index is 9.69. The molecule has 0 radical (unpaired) electrons. The number of aryl methyl sites for hydroxylation is 1. The lowest BCUT2D eigenvalue weighted by Crippen LogP contribution is -1.98. The van der Waals surface area contributed by atoms with E-state index in [0.29, 0.717) is 6.61 Å². The minimum atomic E-state index is 0.234. The van der Waals surface area contributed by atoms with E-state index >= 15 is 0 Å². The summed E-state index contributed by atoms with van der Waals surface area (Å²) < 4.78 is 6.74. The van der Waals surface area contributed by atoms with E-state index in [1.165, 1.54) is 0 Å². The highest BCUT2D eigenvalue weighted by Gasteiger charge is 2.05. The fourth-order valence-electron chi connectivity index (χ4n) is 1.65. The van der Waals surface area contributed by atoms with Gasteiger partial charge in [-0.05, 0) is 18.6 Å². The van der Waals surface area contributed by atoms with Crippen LogP contribution in [0, 0.1) is 0 Å². The average Bonchev–Trinajstić information content (AvgIpc) is 2.63. The summed E-state index contributed by atoms with van der Waals surface area (Å²) in [6.45, 7) is 0.711. The molecule has 0 saturated carbocycles. The van der Waals surface area contributed by atoms with Gasteiger partial charge in [-0.1, -0.05) is 6.07 Å². The van der Waals surface area contributed by atoms with Gasteiger partial charge in [0.2, 0.25) is 0 Å².